The van der Waals surface area contributed by atoms with Gasteiger partial charge < -0.3 is 15.4 Å². The fourth-order valence-corrected chi connectivity index (χ4v) is 3.98. The van der Waals surface area contributed by atoms with Crippen molar-refractivity contribution >= 4 is 11.8 Å². The minimum Gasteiger partial charge on any atom is -0.379 e. The summed E-state index contributed by atoms with van der Waals surface area (Å²) in [5.74, 6) is -0.551. The van der Waals surface area contributed by atoms with Gasteiger partial charge in [0.25, 0.3) is 0 Å². The quantitative estimate of drug-likeness (QED) is 0.556. The van der Waals surface area contributed by atoms with Crippen LogP contribution in [0, 0.1) is 5.82 Å². The van der Waals surface area contributed by atoms with Gasteiger partial charge in [-0.25, -0.2) is 4.39 Å². The number of ether oxygens (including phenoxy) is 1. The second-order valence-corrected chi connectivity index (χ2v) is 7.98. The molecule has 8 heteroatoms. The van der Waals surface area contributed by atoms with Crippen LogP contribution in [0.2, 0.25) is 0 Å². The topological polar surface area (TPSA) is 73.9 Å². The maximum atomic E-state index is 13.5. The smallest absolute Gasteiger partial charge is 0.237 e. The third-order valence-corrected chi connectivity index (χ3v) is 5.67. The number of unbranched alkanes of at least 4 members (excludes halogenated alkanes) is 2. The maximum Gasteiger partial charge on any atom is 0.237 e. The second kappa shape index (κ2) is 12.0. The van der Waals surface area contributed by atoms with Gasteiger partial charge in [-0.3, -0.25) is 19.4 Å². The summed E-state index contributed by atoms with van der Waals surface area (Å²) in [4.78, 5) is 29.1. The number of amides is 2. The number of rotatable bonds is 10. The third-order valence-electron chi connectivity index (χ3n) is 5.67. The lowest BCUT2D eigenvalue weighted by atomic mass is 10.1. The van der Waals surface area contributed by atoms with Crippen LogP contribution >= 0.6 is 0 Å². The molecule has 2 fully saturated rings. The molecule has 2 heterocycles. The zero-order valence-electron chi connectivity index (χ0n) is 17.6. The number of hydrogen-bond acceptors (Lipinski definition) is 5. The number of morpholine rings is 1. The number of carbonyl (C=O) groups is 2. The van der Waals surface area contributed by atoms with Gasteiger partial charge in [0.1, 0.15) is 5.82 Å². The first-order chi connectivity index (χ1) is 14.6. The van der Waals surface area contributed by atoms with Crippen LogP contribution in [0.4, 0.5) is 4.39 Å². The first-order valence-electron chi connectivity index (χ1n) is 10.9. The van der Waals surface area contributed by atoms with Gasteiger partial charge in [-0.2, -0.15) is 0 Å². The van der Waals surface area contributed by atoms with Crippen molar-refractivity contribution in [1.82, 2.24) is 20.4 Å². The maximum absolute atomic E-state index is 13.5. The Bertz CT molecular complexity index is 697. The van der Waals surface area contributed by atoms with Crippen LogP contribution < -0.4 is 10.6 Å². The average Bonchev–Trinajstić information content (AvgIpc) is 2.74. The van der Waals surface area contributed by atoms with Gasteiger partial charge in [0, 0.05) is 39.3 Å². The number of benzene rings is 1. The molecule has 0 bridgehead atoms. The molecule has 166 valence electrons. The van der Waals surface area contributed by atoms with E-state index in [1.165, 1.54) is 12.1 Å². The molecule has 2 N–H and O–H groups in total. The van der Waals surface area contributed by atoms with Crippen molar-refractivity contribution in [3.8, 4) is 0 Å². The van der Waals surface area contributed by atoms with E-state index in [0.29, 0.717) is 26.2 Å². The van der Waals surface area contributed by atoms with Crippen molar-refractivity contribution in [3.05, 3.63) is 35.6 Å². The van der Waals surface area contributed by atoms with Crippen molar-refractivity contribution in [2.24, 2.45) is 0 Å². The van der Waals surface area contributed by atoms with Crippen LogP contribution in [0.3, 0.4) is 0 Å². The molecule has 1 aromatic carbocycles. The molecule has 7 nitrogen and oxygen atoms in total. The predicted molar refractivity (Wildman–Crippen MR) is 112 cm³/mol. The standard InChI is InChI=1S/C22H33FN4O3/c23-19-6-4-5-18(15-19)17-27-10-8-25-22(29)20(27)16-21(28)24-7-2-1-3-9-26-11-13-30-14-12-26/h4-6,15,20H,1-3,7-14,16-17H2,(H,24,28)(H,25,29)/t20-/m1/s1. The lowest BCUT2D eigenvalue weighted by molar-refractivity contribution is -0.134. The summed E-state index contributed by atoms with van der Waals surface area (Å²) in [5, 5.41) is 5.77. The third kappa shape index (κ3) is 7.34. The first-order valence-corrected chi connectivity index (χ1v) is 10.9. The summed E-state index contributed by atoms with van der Waals surface area (Å²) >= 11 is 0. The van der Waals surface area contributed by atoms with Crippen LogP contribution in [0.15, 0.2) is 24.3 Å². The lowest BCUT2D eigenvalue weighted by Crippen LogP contribution is -2.56. The Hall–Kier alpha value is -2.03. The average molecular weight is 421 g/mol. The van der Waals surface area contributed by atoms with E-state index >= 15 is 0 Å². The van der Waals surface area contributed by atoms with Crippen LogP contribution in [-0.4, -0.2) is 80.1 Å². The molecule has 0 unspecified atom stereocenters. The van der Waals surface area contributed by atoms with Gasteiger partial charge in [0.15, 0.2) is 0 Å². The van der Waals surface area contributed by atoms with Gasteiger partial charge in [-0.15, -0.1) is 0 Å². The first kappa shape index (κ1) is 22.7. The molecule has 0 aliphatic carbocycles. The Morgan fingerprint density at radius 3 is 2.83 bits per heavy atom. The van der Waals surface area contributed by atoms with Crippen LogP contribution in [-0.2, 0) is 20.9 Å². The molecule has 0 aromatic heterocycles. The number of nitrogens with zero attached hydrogens (tertiary/aromatic N) is 2. The highest BCUT2D eigenvalue weighted by Gasteiger charge is 2.31. The Morgan fingerprint density at radius 2 is 2.03 bits per heavy atom. The van der Waals surface area contributed by atoms with Crippen molar-refractivity contribution in [2.75, 3.05) is 52.5 Å². The van der Waals surface area contributed by atoms with Crippen molar-refractivity contribution in [2.45, 2.75) is 38.3 Å². The molecule has 0 saturated carbocycles. The molecule has 2 aliphatic rings. The van der Waals surface area contributed by atoms with Crippen molar-refractivity contribution < 1.29 is 18.7 Å². The molecule has 1 aromatic rings. The van der Waals surface area contributed by atoms with Gasteiger partial charge in [0.2, 0.25) is 11.8 Å². The van der Waals surface area contributed by atoms with E-state index in [1.54, 1.807) is 6.07 Å². The molecule has 3 rings (SSSR count). The molecule has 1 atom stereocenters. The summed E-state index contributed by atoms with van der Waals surface area (Å²) in [7, 11) is 0. The van der Waals surface area contributed by atoms with Gasteiger partial charge in [0.05, 0.1) is 25.7 Å². The van der Waals surface area contributed by atoms with Crippen LogP contribution in [0.25, 0.3) is 0 Å². The monoisotopic (exact) mass is 420 g/mol. The molecule has 2 amide bonds. The second-order valence-electron chi connectivity index (χ2n) is 7.98. The molecule has 2 saturated heterocycles. The largest absolute Gasteiger partial charge is 0.379 e. The highest BCUT2D eigenvalue weighted by molar-refractivity contribution is 5.88. The number of piperazine rings is 1. The van der Waals surface area contributed by atoms with Gasteiger partial charge >= 0.3 is 0 Å². The van der Waals surface area contributed by atoms with E-state index in [-0.39, 0.29) is 24.1 Å². The van der Waals surface area contributed by atoms with Crippen molar-refractivity contribution in [3.63, 3.8) is 0 Å². The predicted octanol–water partition coefficient (Wildman–Crippen LogP) is 1.13. The Morgan fingerprint density at radius 1 is 1.20 bits per heavy atom. The number of nitrogens with one attached hydrogen (secondary N) is 2. The zero-order chi connectivity index (χ0) is 21.2. The van der Waals surface area contributed by atoms with E-state index in [4.69, 9.17) is 4.74 Å². The number of carbonyl (C=O) groups excluding carboxylic acids is 2. The zero-order valence-corrected chi connectivity index (χ0v) is 17.6. The fourth-order valence-electron chi connectivity index (χ4n) is 3.98. The lowest BCUT2D eigenvalue weighted by Gasteiger charge is -2.34. The van der Waals surface area contributed by atoms with E-state index in [9.17, 15) is 14.0 Å². The van der Waals surface area contributed by atoms with E-state index in [0.717, 1.165) is 57.7 Å². The summed E-state index contributed by atoms with van der Waals surface area (Å²) in [6.45, 7) is 6.98. The van der Waals surface area contributed by atoms with Gasteiger partial charge in [-0.1, -0.05) is 18.6 Å². The summed E-state index contributed by atoms with van der Waals surface area (Å²) in [6.07, 6.45) is 3.23. The van der Waals surface area contributed by atoms with E-state index in [2.05, 4.69) is 15.5 Å². The van der Waals surface area contributed by atoms with E-state index < -0.39 is 6.04 Å². The van der Waals surface area contributed by atoms with E-state index in [1.807, 2.05) is 11.0 Å². The van der Waals surface area contributed by atoms with Crippen LogP contribution in [0.5, 0.6) is 0 Å². The molecular formula is C22H33FN4O3. The Labute approximate surface area is 177 Å². The highest BCUT2D eigenvalue weighted by Crippen LogP contribution is 2.15. The molecular weight excluding hydrogens is 387 g/mol. The number of halogens is 1. The molecule has 0 spiro atoms. The van der Waals surface area contributed by atoms with Gasteiger partial charge in [-0.05, 0) is 37.1 Å². The summed E-state index contributed by atoms with van der Waals surface area (Å²) in [5.41, 5.74) is 0.801. The summed E-state index contributed by atoms with van der Waals surface area (Å²) < 4.78 is 18.8. The summed E-state index contributed by atoms with van der Waals surface area (Å²) in [6, 6.07) is 5.85. The molecule has 0 radical (unpaired) electrons. The highest BCUT2D eigenvalue weighted by atomic mass is 19.1. The van der Waals surface area contributed by atoms with Crippen LogP contribution in [0.1, 0.15) is 31.2 Å². The minimum absolute atomic E-state index is 0.116. The molecule has 2 aliphatic heterocycles. The minimum atomic E-state index is -0.525. The van der Waals surface area contributed by atoms with Crippen molar-refractivity contribution in [1.29, 1.82) is 0 Å². The number of hydrogen-bond donors (Lipinski definition) is 2. The normalized spacial score (nSPS) is 20.7. The fraction of sp³-hybridized carbons (Fsp3) is 0.636. The Balaban J connectivity index is 1.36. The SMILES string of the molecule is O=C(C[C@@H]1C(=O)NCCN1Cc1cccc(F)c1)NCCCCCN1CCOCC1. The molecule has 30 heavy (non-hydrogen) atoms. The Kier molecular flexibility index (Phi) is 9.04.